The van der Waals surface area contributed by atoms with Crippen LogP contribution < -0.4 is 0 Å². The van der Waals surface area contributed by atoms with Crippen molar-refractivity contribution in [3.05, 3.63) is 59.4 Å². The van der Waals surface area contributed by atoms with Crippen molar-refractivity contribution in [1.29, 1.82) is 0 Å². The maximum Gasteiger partial charge on any atom is 0.309 e. The van der Waals surface area contributed by atoms with Crippen LogP contribution >= 0.6 is 0 Å². The molecule has 0 atom stereocenters. The lowest BCUT2D eigenvalue weighted by molar-refractivity contribution is -0.137. The van der Waals surface area contributed by atoms with Gasteiger partial charge in [0.1, 0.15) is 5.65 Å². The van der Waals surface area contributed by atoms with Crippen molar-refractivity contribution in [2.75, 3.05) is 0 Å². The van der Waals surface area contributed by atoms with E-state index in [-0.39, 0.29) is 12.8 Å². The van der Waals surface area contributed by atoms with Gasteiger partial charge in [0.05, 0.1) is 24.2 Å². The molecule has 2 heterocycles. The van der Waals surface area contributed by atoms with E-state index >= 15 is 0 Å². The molecule has 3 aromatic rings. The minimum absolute atomic E-state index is 0.0629. The van der Waals surface area contributed by atoms with Crippen LogP contribution in [-0.4, -0.2) is 31.5 Å². The summed E-state index contributed by atoms with van der Waals surface area (Å²) in [6, 6.07) is 12.1. The van der Waals surface area contributed by atoms with Gasteiger partial charge in [0.25, 0.3) is 0 Å². The standard InChI is InChI=1S/C18H16N4O4/c1-11-3-2-4-15-19-14(10-17(25)26)18(22(11)15)21-20-13-7-5-12(6-8-13)9-16(23)24/h2-8H,9-10H2,1H3,(H,23,24)(H,25,26). The Kier molecular flexibility index (Phi) is 4.74. The Labute approximate surface area is 148 Å². The molecule has 0 radical (unpaired) electrons. The second kappa shape index (κ2) is 7.14. The fraction of sp³-hybridized carbons (Fsp3) is 0.167. The smallest absolute Gasteiger partial charge is 0.309 e. The third kappa shape index (κ3) is 3.75. The van der Waals surface area contributed by atoms with Crippen molar-refractivity contribution in [2.24, 2.45) is 10.2 Å². The minimum Gasteiger partial charge on any atom is -0.481 e. The third-order valence-electron chi connectivity index (χ3n) is 3.75. The molecule has 132 valence electrons. The number of imidazole rings is 1. The van der Waals surface area contributed by atoms with E-state index < -0.39 is 11.9 Å². The number of nitrogens with zero attached hydrogens (tertiary/aromatic N) is 4. The number of carbonyl (C=O) groups is 2. The molecule has 2 aromatic heterocycles. The van der Waals surface area contributed by atoms with E-state index in [1.54, 1.807) is 34.7 Å². The number of carboxylic acids is 2. The SMILES string of the molecule is Cc1cccc2nc(CC(=O)O)c(N=Nc3ccc(CC(=O)O)cc3)n12. The molecule has 0 saturated heterocycles. The average molecular weight is 352 g/mol. The molecule has 0 spiro atoms. The van der Waals surface area contributed by atoms with E-state index in [4.69, 9.17) is 10.2 Å². The van der Waals surface area contributed by atoms with E-state index in [9.17, 15) is 9.59 Å². The van der Waals surface area contributed by atoms with Gasteiger partial charge in [0.2, 0.25) is 0 Å². The summed E-state index contributed by atoms with van der Waals surface area (Å²) in [5, 5.41) is 26.3. The molecule has 26 heavy (non-hydrogen) atoms. The molecule has 0 unspecified atom stereocenters. The lowest BCUT2D eigenvalue weighted by atomic mass is 10.1. The number of aryl methyl sites for hydroxylation is 1. The van der Waals surface area contributed by atoms with Crippen molar-refractivity contribution in [1.82, 2.24) is 9.38 Å². The second-order valence-corrected chi connectivity index (χ2v) is 5.75. The normalized spacial score (nSPS) is 11.3. The number of azo groups is 1. The zero-order valence-corrected chi connectivity index (χ0v) is 14.0. The van der Waals surface area contributed by atoms with Crippen LogP contribution in [-0.2, 0) is 22.4 Å². The molecule has 8 nitrogen and oxygen atoms in total. The van der Waals surface area contributed by atoms with Gasteiger partial charge in [-0.05, 0) is 36.8 Å². The fourth-order valence-electron chi connectivity index (χ4n) is 2.61. The van der Waals surface area contributed by atoms with E-state index in [2.05, 4.69) is 15.2 Å². The molecule has 8 heteroatoms. The molecule has 0 amide bonds. The molecular formula is C18H16N4O4. The van der Waals surface area contributed by atoms with Crippen molar-refractivity contribution in [2.45, 2.75) is 19.8 Å². The van der Waals surface area contributed by atoms with Crippen LogP contribution in [0.3, 0.4) is 0 Å². The highest BCUT2D eigenvalue weighted by molar-refractivity contribution is 5.72. The molecule has 0 aliphatic heterocycles. The van der Waals surface area contributed by atoms with Gasteiger partial charge in [-0.1, -0.05) is 18.2 Å². The van der Waals surface area contributed by atoms with E-state index in [0.717, 1.165) is 5.69 Å². The maximum atomic E-state index is 11.1. The van der Waals surface area contributed by atoms with Gasteiger partial charge in [-0.2, -0.15) is 0 Å². The van der Waals surface area contributed by atoms with Gasteiger partial charge < -0.3 is 10.2 Å². The number of hydrogen-bond acceptors (Lipinski definition) is 5. The van der Waals surface area contributed by atoms with Gasteiger partial charge in [-0.3, -0.25) is 14.0 Å². The first-order valence-electron chi connectivity index (χ1n) is 7.85. The number of hydrogen-bond donors (Lipinski definition) is 2. The first-order chi connectivity index (χ1) is 12.4. The summed E-state index contributed by atoms with van der Waals surface area (Å²) in [6.07, 6.45) is -0.320. The maximum absolute atomic E-state index is 11.1. The molecule has 0 aliphatic rings. The van der Waals surface area contributed by atoms with E-state index in [0.29, 0.717) is 28.4 Å². The number of aromatic nitrogens is 2. The van der Waals surface area contributed by atoms with Crippen molar-refractivity contribution in [3.8, 4) is 0 Å². The summed E-state index contributed by atoms with van der Waals surface area (Å²) in [4.78, 5) is 26.2. The Morgan fingerprint density at radius 1 is 1.00 bits per heavy atom. The Hall–Kier alpha value is -3.55. The van der Waals surface area contributed by atoms with Crippen LogP contribution in [0.2, 0.25) is 0 Å². The Balaban J connectivity index is 1.97. The Bertz CT molecular complexity index is 1010. The lowest BCUT2D eigenvalue weighted by Gasteiger charge is -2.02. The highest BCUT2D eigenvalue weighted by Crippen LogP contribution is 2.26. The van der Waals surface area contributed by atoms with Gasteiger partial charge in [-0.15, -0.1) is 10.2 Å². The molecule has 2 N–H and O–H groups in total. The number of carboxylic acid groups (broad SMARTS) is 2. The fourth-order valence-corrected chi connectivity index (χ4v) is 2.61. The summed E-state index contributed by atoms with van der Waals surface area (Å²) in [7, 11) is 0. The van der Waals surface area contributed by atoms with E-state index in [1.807, 2.05) is 19.1 Å². The molecule has 3 rings (SSSR count). The predicted molar refractivity (Wildman–Crippen MR) is 93.2 cm³/mol. The van der Waals surface area contributed by atoms with Gasteiger partial charge in [0.15, 0.2) is 5.82 Å². The Morgan fingerprint density at radius 3 is 2.35 bits per heavy atom. The number of benzene rings is 1. The molecular weight excluding hydrogens is 336 g/mol. The molecule has 0 bridgehead atoms. The van der Waals surface area contributed by atoms with Crippen molar-refractivity contribution < 1.29 is 19.8 Å². The highest BCUT2D eigenvalue weighted by atomic mass is 16.4. The number of aliphatic carboxylic acids is 2. The van der Waals surface area contributed by atoms with Crippen molar-refractivity contribution in [3.63, 3.8) is 0 Å². The van der Waals surface area contributed by atoms with Crippen LogP contribution in [0.15, 0.2) is 52.7 Å². The summed E-state index contributed by atoms with van der Waals surface area (Å²) in [5.74, 6) is -1.53. The predicted octanol–water partition coefficient (Wildman–Crippen LogP) is 3.31. The zero-order valence-electron chi connectivity index (χ0n) is 14.0. The molecule has 0 fully saturated rings. The van der Waals surface area contributed by atoms with Crippen LogP contribution in [0, 0.1) is 6.92 Å². The number of rotatable bonds is 6. The first-order valence-corrected chi connectivity index (χ1v) is 7.85. The largest absolute Gasteiger partial charge is 0.481 e. The molecule has 0 aliphatic carbocycles. The molecule has 1 aromatic carbocycles. The minimum atomic E-state index is -1.000. The van der Waals surface area contributed by atoms with Crippen LogP contribution in [0.5, 0.6) is 0 Å². The molecule has 0 saturated carbocycles. The van der Waals surface area contributed by atoms with Crippen molar-refractivity contribution >= 4 is 29.1 Å². The third-order valence-corrected chi connectivity index (χ3v) is 3.75. The first kappa shape index (κ1) is 17.3. The summed E-state index contributed by atoms with van der Waals surface area (Å²) in [5.41, 5.74) is 2.99. The summed E-state index contributed by atoms with van der Waals surface area (Å²) >= 11 is 0. The number of pyridine rings is 1. The Morgan fingerprint density at radius 2 is 1.69 bits per heavy atom. The van der Waals surface area contributed by atoms with Gasteiger partial charge in [-0.25, -0.2) is 4.98 Å². The second-order valence-electron chi connectivity index (χ2n) is 5.75. The summed E-state index contributed by atoms with van der Waals surface area (Å²) in [6.45, 7) is 1.87. The highest BCUT2D eigenvalue weighted by Gasteiger charge is 2.16. The quantitative estimate of drug-likeness (QED) is 0.660. The number of fused-ring (bicyclic) bond motifs is 1. The zero-order chi connectivity index (χ0) is 18.7. The van der Waals surface area contributed by atoms with E-state index in [1.165, 1.54) is 0 Å². The average Bonchev–Trinajstić information content (AvgIpc) is 2.91. The lowest BCUT2D eigenvalue weighted by Crippen LogP contribution is -2.00. The topological polar surface area (TPSA) is 117 Å². The van der Waals surface area contributed by atoms with Crippen LogP contribution in [0.25, 0.3) is 5.65 Å². The van der Waals surface area contributed by atoms with Gasteiger partial charge >= 0.3 is 11.9 Å². The summed E-state index contributed by atoms with van der Waals surface area (Å²) < 4.78 is 1.75. The monoisotopic (exact) mass is 352 g/mol. The van der Waals surface area contributed by atoms with Gasteiger partial charge in [0, 0.05) is 5.69 Å². The van der Waals surface area contributed by atoms with Crippen LogP contribution in [0.4, 0.5) is 11.5 Å². The van der Waals surface area contributed by atoms with Crippen LogP contribution in [0.1, 0.15) is 17.0 Å².